The summed E-state index contributed by atoms with van der Waals surface area (Å²) in [5, 5.41) is 11.3. The molecule has 6 heteroatoms. The number of nitriles is 1. The summed E-state index contributed by atoms with van der Waals surface area (Å²) in [7, 11) is 0. The highest BCUT2D eigenvalue weighted by Gasteiger charge is 2.34. The van der Waals surface area contributed by atoms with Crippen LogP contribution in [-0.4, -0.2) is 10.2 Å². The predicted octanol–water partition coefficient (Wildman–Crippen LogP) is 6.38. The summed E-state index contributed by atoms with van der Waals surface area (Å²) in [4.78, 5) is 15.3. The van der Waals surface area contributed by atoms with Gasteiger partial charge in [0.15, 0.2) is 4.32 Å². The minimum absolute atomic E-state index is 0.179. The number of fused-ring (bicyclic) bond motifs is 1. The summed E-state index contributed by atoms with van der Waals surface area (Å²) in [5.74, 6) is 0.927. The molecule has 1 amide bonds. The van der Waals surface area contributed by atoms with Crippen molar-refractivity contribution in [3.8, 4) is 17.4 Å². The van der Waals surface area contributed by atoms with Gasteiger partial charge in [-0.2, -0.15) is 5.26 Å². The van der Waals surface area contributed by atoms with Crippen molar-refractivity contribution in [2.24, 2.45) is 0 Å². The summed E-state index contributed by atoms with van der Waals surface area (Å²) >= 11 is 6.78. The molecule has 0 unspecified atom stereocenters. The van der Waals surface area contributed by atoms with Crippen LogP contribution in [0.1, 0.15) is 11.3 Å². The molecule has 1 aliphatic rings. The van der Waals surface area contributed by atoms with Crippen LogP contribution in [0.4, 0.5) is 5.69 Å². The van der Waals surface area contributed by atoms with Crippen LogP contribution in [0.15, 0.2) is 88.2 Å². The van der Waals surface area contributed by atoms with E-state index in [1.807, 2.05) is 60.7 Å². The molecule has 0 radical (unpaired) electrons. The quantitative estimate of drug-likeness (QED) is 0.274. The molecule has 5 rings (SSSR count). The highest BCUT2D eigenvalue weighted by molar-refractivity contribution is 8.27. The number of nitrogens with zero attached hydrogens (tertiary/aromatic N) is 2. The number of thioether (sulfide) groups is 1. The van der Waals surface area contributed by atoms with E-state index in [1.54, 1.807) is 29.2 Å². The summed E-state index contributed by atoms with van der Waals surface area (Å²) < 4.78 is 6.39. The van der Waals surface area contributed by atoms with Crippen molar-refractivity contribution in [3.05, 3.63) is 95.1 Å². The molecule has 0 saturated carbocycles. The van der Waals surface area contributed by atoms with Crippen LogP contribution in [0.25, 0.3) is 28.2 Å². The summed E-state index contributed by atoms with van der Waals surface area (Å²) in [5.41, 5.74) is 2.02. The lowest BCUT2D eigenvalue weighted by Crippen LogP contribution is -2.27. The van der Waals surface area contributed by atoms with E-state index in [0.717, 1.165) is 16.5 Å². The zero-order valence-corrected chi connectivity index (χ0v) is 17.7. The van der Waals surface area contributed by atoms with Crippen molar-refractivity contribution in [3.63, 3.8) is 0 Å². The fourth-order valence-electron chi connectivity index (χ4n) is 3.58. The number of amides is 1. The lowest BCUT2D eigenvalue weighted by atomic mass is 10.1. The molecule has 1 aliphatic heterocycles. The second-order valence-corrected chi connectivity index (χ2v) is 8.55. The van der Waals surface area contributed by atoms with Crippen molar-refractivity contribution < 1.29 is 9.21 Å². The largest absolute Gasteiger partial charge is 0.457 e. The van der Waals surface area contributed by atoms with E-state index in [4.69, 9.17) is 16.6 Å². The van der Waals surface area contributed by atoms with Gasteiger partial charge in [0.05, 0.1) is 22.2 Å². The Morgan fingerprint density at radius 1 is 0.968 bits per heavy atom. The first-order chi connectivity index (χ1) is 15.2. The average molecular weight is 439 g/mol. The first-order valence-corrected chi connectivity index (χ1v) is 10.7. The van der Waals surface area contributed by atoms with Gasteiger partial charge in [0.25, 0.3) is 5.91 Å². The van der Waals surface area contributed by atoms with Crippen molar-refractivity contribution in [2.75, 3.05) is 4.90 Å². The number of benzene rings is 3. The molecule has 148 valence electrons. The number of carbonyl (C=O) groups excluding carboxylic acids is 1. The van der Waals surface area contributed by atoms with Gasteiger partial charge >= 0.3 is 0 Å². The number of furan rings is 1. The van der Waals surface area contributed by atoms with E-state index < -0.39 is 0 Å². The SMILES string of the molecule is N#Cc1ccccc1-c1ccc(/C=C2/SC(=S)N(c3cccc4ccccc34)C2=O)o1. The third-order valence-corrected chi connectivity index (χ3v) is 6.32. The molecule has 0 atom stereocenters. The number of hydrogen-bond acceptors (Lipinski definition) is 5. The monoisotopic (exact) mass is 438 g/mol. The zero-order chi connectivity index (χ0) is 21.4. The van der Waals surface area contributed by atoms with Crippen molar-refractivity contribution in [1.29, 1.82) is 5.26 Å². The number of anilines is 1. The lowest BCUT2D eigenvalue weighted by molar-refractivity contribution is -0.113. The zero-order valence-electron chi connectivity index (χ0n) is 16.1. The third kappa shape index (κ3) is 3.44. The van der Waals surface area contributed by atoms with Crippen LogP contribution < -0.4 is 4.90 Å². The maximum absolute atomic E-state index is 13.2. The van der Waals surface area contributed by atoms with E-state index in [9.17, 15) is 10.1 Å². The summed E-state index contributed by atoms with van der Waals surface area (Å²) in [6, 6.07) is 26.7. The molecule has 0 aliphatic carbocycles. The fourth-order valence-corrected chi connectivity index (χ4v) is 4.84. The third-order valence-electron chi connectivity index (χ3n) is 5.01. The average Bonchev–Trinajstić information content (AvgIpc) is 3.37. The maximum Gasteiger partial charge on any atom is 0.270 e. The Morgan fingerprint density at radius 2 is 1.74 bits per heavy atom. The van der Waals surface area contributed by atoms with E-state index >= 15 is 0 Å². The molecule has 3 aromatic carbocycles. The molecule has 4 aromatic rings. The lowest BCUT2D eigenvalue weighted by Gasteiger charge is -2.17. The first-order valence-electron chi connectivity index (χ1n) is 9.51. The van der Waals surface area contributed by atoms with Gasteiger partial charge in [-0.05, 0) is 35.7 Å². The standard InChI is InChI=1S/C25H14N2O2S2/c26-15-17-7-2-4-10-20(17)22-13-12-18(29-22)14-23-24(28)27(25(30)31-23)21-11-5-8-16-6-1-3-9-19(16)21/h1-14H/b23-14+. The van der Waals surface area contributed by atoms with Crippen LogP contribution in [0.3, 0.4) is 0 Å². The Balaban J connectivity index is 1.49. The normalized spacial score (nSPS) is 15.1. The molecule has 0 N–H and O–H groups in total. The molecule has 0 spiro atoms. The number of rotatable bonds is 3. The molecule has 2 heterocycles. The second-order valence-electron chi connectivity index (χ2n) is 6.87. The van der Waals surface area contributed by atoms with Crippen molar-refractivity contribution in [2.45, 2.75) is 0 Å². The summed E-state index contributed by atoms with van der Waals surface area (Å²) in [6.07, 6.45) is 1.70. The van der Waals surface area contributed by atoms with E-state index in [2.05, 4.69) is 6.07 Å². The van der Waals surface area contributed by atoms with Gasteiger partial charge in [-0.1, -0.05) is 72.5 Å². The Hall–Kier alpha value is -3.66. The van der Waals surface area contributed by atoms with Crippen molar-refractivity contribution >= 4 is 56.7 Å². The van der Waals surface area contributed by atoms with Gasteiger partial charge in [-0.3, -0.25) is 9.69 Å². The minimum atomic E-state index is -0.179. The molecule has 1 fully saturated rings. The molecular formula is C25H14N2O2S2. The smallest absolute Gasteiger partial charge is 0.270 e. The highest BCUT2D eigenvalue weighted by Crippen LogP contribution is 2.39. The van der Waals surface area contributed by atoms with E-state index in [-0.39, 0.29) is 5.91 Å². The van der Waals surface area contributed by atoms with Crippen LogP contribution in [0.2, 0.25) is 0 Å². The number of thiocarbonyl (C=S) groups is 1. The van der Waals surface area contributed by atoms with Gasteiger partial charge in [0, 0.05) is 17.0 Å². The Bertz CT molecular complexity index is 1420. The minimum Gasteiger partial charge on any atom is -0.457 e. The first kappa shape index (κ1) is 19.3. The van der Waals surface area contributed by atoms with Gasteiger partial charge in [0.1, 0.15) is 11.5 Å². The molecule has 1 aromatic heterocycles. The van der Waals surface area contributed by atoms with Gasteiger partial charge in [0.2, 0.25) is 0 Å². The molecule has 4 nitrogen and oxygen atoms in total. The Labute approximate surface area is 188 Å². The topological polar surface area (TPSA) is 57.2 Å². The molecule has 1 saturated heterocycles. The fraction of sp³-hybridized carbons (Fsp3) is 0. The molecular weight excluding hydrogens is 424 g/mol. The summed E-state index contributed by atoms with van der Waals surface area (Å²) in [6.45, 7) is 0. The Kier molecular flexibility index (Phi) is 4.91. The van der Waals surface area contributed by atoms with Crippen LogP contribution in [0, 0.1) is 11.3 Å². The van der Waals surface area contributed by atoms with E-state index in [1.165, 1.54) is 11.8 Å². The number of carbonyl (C=O) groups is 1. The van der Waals surface area contributed by atoms with Gasteiger partial charge in [-0.15, -0.1) is 0 Å². The van der Waals surface area contributed by atoms with Crippen LogP contribution in [-0.2, 0) is 4.79 Å². The predicted molar refractivity (Wildman–Crippen MR) is 128 cm³/mol. The second kappa shape index (κ2) is 7.88. The highest BCUT2D eigenvalue weighted by atomic mass is 32.2. The maximum atomic E-state index is 13.2. The van der Waals surface area contributed by atoms with Gasteiger partial charge < -0.3 is 4.42 Å². The van der Waals surface area contributed by atoms with Gasteiger partial charge in [-0.25, -0.2) is 0 Å². The van der Waals surface area contributed by atoms with Crippen LogP contribution in [0.5, 0.6) is 0 Å². The van der Waals surface area contributed by atoms with Crippen LogP contribution >= 0.6 is 24.0 Å². The Morgan fingerprint density at radius 3 is 2.61 bits per heavy atom. The number of hydrogen-bond donors (Lipinski definition) is 0. The molecule has 31 heavy (non-hydrogen) atoms. The van der Waals surface area contributed by atoms with E-state index in [0.29, 0.717) is 31.9 Å². The molecule has 0 bridgehead atoms. The van der Waals surface area contributed by atoms with Crippen molar-refractivity contribution in [1.82, 2.24) is 0 Å².